The van der Waals surface area contributed by atoms with Crippen LogP contribution in [0.25, 0.3) is 0 Å². The van der Waals surface area contributed by atoms with E-state index in [0.717, 1.165) is 0 Å². The Bertz CT molecular complexity index is 92.0. The molecule has 0 bridgehead atoms. The summed E-state index contributed by atoms with van der Waals surface area (Å²) in [4.78, 5) is 19.5. The number of ketones is 1. The van der Waals surface area contributed by atoms with Gasteiger partial charge in [0.2, 0.25) is 0 Å². The van der Waals surface area contributed by atoms with Crippen molar-refractivity contribution < 1.29 is 67.5 Å². The van der Waals surface area contributed by atoms with E-state index < -0.39 is 5.97 Å². The Kier molecular flexibility index (Phi) is 8.53. The van der Waals surface area contributed by atoms with Gasteiger partial charge < -0.3 is 6.53 Å². The Morgan fingerprint density at radius 3 is 2.00 bits per heavy atom. The summed E-state index contributed by atoms with van der Waals surface area (Å²) in [5.41, 5.74) is 0. The number of Topliss-reactive ketones (excluding diaryl/α,β-unsaturated/α-hetero) is 1. The molecule has 8 heavy (non-hydrogen) atoms. The molecule has 4 heteroatoms. The van der Waals surface area contributed by atoms with Crippen molar-refractivity contribution in [1.82, 2.24) is 0 Å². The third-order valence-corrected chi connectivity index (χ3v) is 0.400. The molecule has 3 nitrogen and oxygen atoms in total. The molecule has 0 amide bonds. The van der Waals surface area contributed by atoms with Gasteiger partial charge in [-0.2, -0.15) is 0 Å². The van der Waals surface area contributed by atoms with Gasteiger partial charge in [-0.3, -0.25) is 9.59 Å². The number of carbonyl (C=O) groups is 2. The van der Waals surface area contributed by atoms with E-state index >= 15 is 0 Å². The molecule has 0 radical (unpaired) electrons. The molecule has 0 fully saturated rings. The average molecular weight is 142 g/mol. The van der Waals surface area contributed by atoms with E-state index in [-0.39, 0.29) is 65.0 Å². The minimum atomic E-state index is -1.06. The molecule has 42 valence electrons. The number of hydrogen-bond acceptors (Lipinski definition) is 2. The van der Waals surface area contributed by atoms with Gasteiger partial charge in [-0.05, 0) is 6.92 Å². The van der Waals surface area contributed by atoms with Crippen molar-refractivity contribution in [2.75, 3.05) is 0 Å². The van der Waals surface area contributed by atoms with E-state index in [2.05, 4.69) is 0 Å². The summed E-state index contributed by atoms with van der Waals surface area (Å²) in [6.07, 6.45) is -0.361. The molecule has 0 aromatic carbocycles. The van der Waals surface area contributed by atoms with Crippen molar-refractivity contribution in [3.63, 3.8) is 0 Å². The first-order valence-electron chi connectivity index (χ1n) is 1.84. The molecule has 0 unspecified atom stereocenters. The number of carboxylic acid groups (broad SMARTS) is 1. The Hall–Kier alpha value is 0.776. The number of hydrogen-bond donors (Lipinski definition) is 1. The minimum absolute atomic E-state index is 0. The minimum Gasteiger partial charge on any atom is -1.00 e. The number of carbonyl (C=O) groups excluding carboxylic acids is 1. The van der Waals surface area contributed by atoms with Crippen LogP contribution in [0.5, 0.6) is 0 Å². The van der Waals surface area contributed by atoms with Crippen LogP contribution < -0.4 is 51.4 Å². The van der Waals surface area contributed by atoms with Crippen molar-refractivity contribution in [1.29, 1.82) is 0 Å². The number of aliphatic carboxylic acids is 1. The van der Waals surface area contributed by atoms with E-state index in [1.54, 1.807) is 0 Å². The number of carboxylic acids is 1. The Balaban J connectivity index is -0.000000180. The largest absolute Gasteiger partial charge is 1.00 e. The average Bonchev–Trinajstić information content (AvgIpc) is 1.27. The van der Waals surface area contributed by atoms with Gasteiger partial charge in [-0.25, -0.2) is 0 Å². The zero-order valence-corrected chi connectivity index (χ0v) is 8.09. The van der Waals surface area contributed by atoms with E-state index in [9.17, 15) is 9.59 Å². The van der Waals surface area contributed by atoms with Crippen molar-refractivity contribution in [2.24, 2.45) is 0 Å². The molecular formula is C4H7KO3. The van der Waals surface area contributed by atoms with Crippen molar-refractivity contribution in [2.45, 2.75) is 13.3 Å². The second-order valence-corrected chi connectivity index (χ2v) is 1.27. The van der Waals surface area contributed by atoms with Crippen LogP contribution in [0, 0.1) is 0 Å². The standard InChI is InChI=1S/C4H6O3.K.H/c1-3(5)2-4(6)7;;/h2H2,1H3,(H,6,7);;/q;+1;-1. The second kappa shape index (κ2) is 5.90. The van der Waals surface area contributed by atoms with Gasteiger partial charge in [-0.1, -0.05) is 0 Å². The maximum absolute atomic E-state index is 9.87. The predicted molar refractivity (Wildman–Crippen MR) is 24.0 cm³/mol. The first kappa shape index (κ1) is 11.6. The Morgan fingerprint density at radius 2 is 2.00 bits per heavy atom. The molecule has 0 aliphatic carbocycles. The van der Waals surface area contributed by atoms with Gasteiger partial charge in [0.1, 0.15) is 12.2 Å². The number of rotatable bonds is 2. The van der Waals surface area contributed by atoms with Gasteiger partial charge in [0, 0.05) is 0 Å². The van der Waals surface area contributed by atoms with E-state index in [1.165, 1.54) is 6.92 Å². The van der Waals surface area contributed by atoms with Crippen LogP contribution in [0.3, 0.4) is 0 Å². The summed E-state index contributed by atoms with van der Waals surface area (Å²) >= 11 is 0. The molecule has 0 rings (SSSR count). The van der Waals surface area contributed by atoms with Crippen LogP contribution in [-0.2, 0) is 9.59 Å². The van der Waals surface area contributed by atoms with E-state index in [1.807, 2.05) is 0 Å². The molecule has 0 aliphatic heterocycles. The maximum atomic E-state index is 9.87. The van der Waals surface area contributed by atoms with Gasteiger partial charge in [-0.15, -0.1) is 0 Å². The molecule has 0 aliphatic rings. The SMILES string of the molecule is CC(=O)CC(=O)O.[H-].[K+]. The third kappa shape index (κ3) is 9.91. The van der Waals surface area contributed by atoms with Crippen LogP contribution in [-0.4, -0.2) is 16.9 Å². The summed E-state index contributed by atoms with van der Waals surface area (Å²) in [6, 6.07) is 0. The summed E-state index contributed by atoms with van der Waals surface area (Å²) in [5, 5.41) is 7.86. The van der Waals surface area contributed by atoms with Crippen LogP contribution >= 0.6 is 0 Å². The van der Waals surface area contributed by atoms with Crippen molar-refractivity contribution in [3.8, 4) is 0 Å². The molecule has 0 atom stereocenters. The van der Waals surface area contributed by atoms with Crippen LogP contribution in [0.4, 0.5) is 0 Å². The fraction of sp³-hybridized carbons (Fsp3) is 0.500. The van der Waals surface area contributed by atoms with Gasteiger partial charge in [0.15, 0.2) is 0 Å². The molecule has 0 heterocycles. The summed E-state index contributed by atoms with van der Waals surface area (Å²) in [6.45, 7) is 1.24. The Labute approximate surface area is 91.4 Å². The predicted octanol–water partition coefficient (Wildman–Crippen LogP) is -2.83. The monoisotopic (exact) mass is 142 g/mol. The summed E-state index contributed by atoms with van der Waals surface area (Å²) < 4.78 is 0. The molecule has 0 aromatic heterocycles. The normalized spacial score (nSPS) is 7.12. The fourth-order valence-corrected chi connectivity index (χ4v) is 0.213. The van der Waals surface area contributed by atoms with Crippen molar-refractivity contribution in [3.05, 3.63) is 0 Å². The van der Waals surface area contributed by atoms with E-state index in [4.69, 9.17) is 5.11 Å². The smallest absolute Gasteiger partial charge is 1.00 e. The molecular weight excluding hydrogens is 135 g/mol. The zero-order chi connectivity index (χ0) is 5.86. The first-order valence-corrected chi connectivity index (χ1v) is 1.84. The van der Waals surface area contributed by atoms with Crippen molar-refractivity contribution >= 4 is 11.8 Å². The van der Waals surface area contributed by atoms with E-state index in [0.29, 0.717) is 0 Å². The molecule has 0 spiro atoms. The van der Waals surface area contributed by atoms with Gasteiger partial charge in [0.05, 0.1) is 0 Å². The maximum Gasteiger partial charge on any atom is 1.00 e. The second-order valence-electron chi connectivity index (χ2n) is 1.27. The molecule has 0 saturated carbocycles. The molecule has 0 aromatic rings. The van der Waals surface area contributed by atoms with Crippen LogP contribution in [0.2, 0.25) is 0 Å². The van der Waals surface area contributed by atoms with Crippen LogP contribution in [0.15, 0.2) is 0 Å². The fourth-order valence-electron chi connectivity index (χ4n) is 0.213. The summed E-state index contributed by atoms with van der Waals surface area (Å²) in [5.74, 6) is -1.37. The molecule has 1 N–H and O–H groups in total. The van der Waals surface area contributed by atoms with Gasteiger partial charge in [0.25, 0.3) is 0 Å². The topological polar surface area (TPSA) is 54.4 Å². The van der Waals surface area contributed by atoms with Gasteiger partial charge >= 0.3 is 57.4 Å². The third-order valence-electron chi connectivity index (χ3n) is 0.400. The van der Waals surface area contributed by atoms with Crippen LogP contribution in [0.1, 0.15) is 14.8 Å². The quantitative estimate of drug-likeness (QED) is 0.334. The Morgan fingerprint density at radius 1 is 1.62 bits per heavy atom. The first-order chi connectivity index (χ1) is 3.13. The summed E-state index contributed by atoms with van der Waals surface area (Å²) in [7, 11) is 0. The molecule has 0 saturated heterocycles. The zero-order valence-electron chi connectivity index (χ0n) is 5.97.